The second-order valence-corrected chi connectivity index (χ2v) is 4.69. The Bertz CT molecular complexity index is 734. The molecule has 0 bridgehead atoms. The molecular weight excluding hydrogens is 267 g/mol. The summed E-state index contributed by atoms with van der Waals surface area (Å²) in [7, 11) is 0. The number of anilines is 1. The van der Waals surface area contributed by atoms with E-state index in [9.17, 15) is 4.39 Å². The summed E-state index contributed by atoms with van der Waals surface area (Å²) in [6.45, 7) is 2.35. The number of hydrogen-bond acceptors (Lipinski definition) is 3. The maximum Gasteiger partial charge on any atom is 0.138 e. The molecule has 0 amide bonds. The molecule has 0 unspecified atom stereocenters. The van der Waals surface area contributed by atoms with Crippen molar-refractivity contribution in [3.05, 3.63) is 72.2 Å². The van der Waals surface area contributed by atoms with E-state index in [1.165, 1.54) is 6.07 Å². The van der Waals surface area contributed by atoms with Crippen LogP contribution < -0.4 is 5.32 Å². The second kappa shape index (κ2) is 5.75. The first-order valence-electron chi connectivity index (χ1n) is 6.68. The molecule has 106 valence electrons. The van der Waals surface area contributed by atoms with E-state index >= 15 is 0 Å². The van der Waals surface area contributed by atoms with Gasteiger partial charge < -0.3 is 5.32 Å². The molecule has 0 radical (unpaired) electrons. The van der Waals surface area contributed by atoms with Gasteiger partial charge in [-0.05, 0) is 25.1 Å². The average molecular weight is 282 g/mol. The first-order chi connectivity index (χ1) is 10.2. The fraction of sp³-hybridized carbons (Fsp3) is 0.125. The molecule has 5 heteroatoms. The van der Waals surface area contributed by atoms with E-state index in [1.54, 1.807) is 24.5 Å². The Kier molecular flexibility index (Phi) is 3.64. The predicted molar refractivity (Wildman–Crippen MR) is 79.8 cm³/mol. The zero-order valence-corrected chi connectivity index (χ0v) is 11.6. The minimum absolute atomic E-state index is 0.205. The van der Waals surface area contributed by atoms with Gasteiger partial charge in [-0.25, -0.2) is 14.4 Å². The zero-order valence-electron chi connectivity index (χ0n) is 11.6. The van der Waals surface area contributed by atoms with Gasteiger partial charge in [0.1, 0.15) is 17.5 Å². The lowest BCUT2D eigenvalue weighted by atomic mass is 10.2. The lowest BCUT2D eigenvalue weighted by Crippen LogP contribution is -2.03. The number of rotatable bonds is 4. The van der Waals surface area contributed by atoms with Crippen molar-refractivity contribution in [2.75, 3.05) is 5.32 Å². The van der Waals surface area contributed by atoms with Crippen molar-refractivity contribution < 1.29 is 4.39 Å². The number of nitrogens with zero attached hydrogens (tertiary/aromatic N) is 3. The van der Waals surface area contributed by atoms with Gasteiger partial charge in [-0.3, -0.25) is 4.57 Å². The monoisotopic (exact) mass is 282 g/mol. The zero-order chi connectivity index (χ0) is 14.7. The fourth-order valence-electron chi connectivity index (χ4n) is 2.09. The first-order valence-corrected chi connectivity index (χ1v) is 6.68. The highest BCUT2D eigenvalue weighted by Crippen LogP contribution is 2.13. The quantitative estimate of drug-likeness (QED) is 0.798. The van der Waals surface area contributed by atoms with Crippen LogP contribution in [-0.2, 0) is 6.54 Å². The van der Waals surface area contributed by atoms with Crippen LogP contribution in [0, 0.1) is 12.7 Å². The van der Waals surface area contributed by atoms with E-state index < -0.39 is 0 Å². The van der Waals surface area contributed by atoms with E-state index in [0.717, 1.165) is 17.3 Å². The van der Waals surface area contributed by atoms with Crippen LogP contribution in [0.2, 0.25) is 0 Å². The molecule has 0 aliphatic heterocycles. The summed E-state index contributed by atoms with van der Waals surface area (Å²) >= 11 is 0. The van der Waals surface area contributed by atoms with Crippen molar-refractivity contribution in [2.45, 2.75) is 13.5 Å². The molecule has 0 saturated heterocycles. The molecule has 0 atom stereocenters. The highest BCUT2D eigenvalue weighted by Gasteiger charge is 2.03. The number of aromatic nitrogens is 3. The molecule has 3 aromatic rings. The van der Waals surface area contributed by atoms with E-state index in [4.69, 9.17) is 0 Å². The molecule has 0 saturated carbocycles. The smallest absolute Gasteiger partial charge is 0.138 e. The standard InChI is InChI=1S/C16H15FN4/c1-12-18-8-9-21(12)16-7-6-14(11-20-16)19-10-13-4-2-3-5-15(13)17/h2-9,11,19H,10H2,1H3. The van der Waals surface area contributed by atoms with Gasteiger partial charge in [-0.15, -0.1) is 0 Å². The topological polar surface area (TPSA) is 42.7 Å². The van der Waals surface area contributed by atoms with Gasteiger partial charge in [0.05, 0.1) is 11.9 Å². The third-order valence-corrected chi connectivity index (χ3v) is 3.26. The van der Waals surface area contributed by atoms with Gasteiger partial charge in [0.2, 0.25) is 0 Å². The Morgan fingerprint density at radius 1 is 1.14 bits per heavy atom. The van der Waals surface area contributed by atoms with Crippen molar-refractivity contribution in [1.82, 2.24) is 14.5 Å². The SMILES string of the molecule is Cc1nccn1-c1ccc(NCc2ccccc2F)cn1. The van der Waals surface area contributed by atoms with Crippen LogP contribution in [0.5, 0.6) is 0 Å². The van der Waals surface area contributed by atoms with Gasteiger partial charge in [0.15, 0.2) is 0 Å². The molecule has 0 aliphatic carbocycles. The Morgan fingerprint density at radius 3 is 2.67 bits per heavy atom. The number of aryl methyl sites for hydroxylation is 1. The lowest BCUT2D eigenvalue weighted by Gasteiger charge is -2.08. The van der Waals surface area contributed by atoms with Crippen LogP contribution in [0.15, 0.2) is 55.0 Å². The predicted octanol–water partition coefficient (Wildman–Crippen LogP) is 3.33. The summed E-state index contributed by atoms with van der Waals surface area (Å²) < 4.78 is 15.4. The number of pyridine rings is 1. The van der Waals surface area contributed by atoms with Gasteiger partial charge in [0, 0.05) is 24.5 Å². The minimum Gasteiger partial charge on any atom is -0.380 e. The van der Waals surface area contributed by atoms with Crippen LogP contribution in [0.25, 0.3) is 5.82 Å². The second-order valence-electron chi connectivity index (χ2n) is 4.69. The van der Waals surface area contributed by atoms with E-state index in [-0.39, 0.29) is 5.82 Å². The third-order valence-electron chi connectivity index (χ3n) is 3.26. The fourth-order valence-corrected chi connectivity index (χ4v) is 2.09. The van der Waals surface area contributed by atoms with E-state index in [0.29, 0.717) is 12.1 Å². The molecular formula is C16H15FN4. The summed E-state index contributed by atoms with van der Waals surface area (Å²) in [5, 5.41) is 3.16. The first kappa shape index (κ1) is 13.3. The molecule has 2 heterocycles. The third kappa shape index (κ3) is 2.91. The van der Waals surface area contributed by atoms with Gasteiger partial charge in [-0.2, -0.15) is 0 Å². The van der Waals surface area contributed by atoms with Crippen LogP contribution in [0.3, 0.4) is 0 Å². The van der Waals surface area contributed by atoms with Crippen LogP contribution in [-0.4, -0.2) is 14.5 Å². The van der Waals surface area contributed by atoms with Gasteiger partial charge in [0.25, 0.3) is 0 Å². The number of imidazole rings is 1. The van der Waals surface area contributed by atoms with Gasteiger partial charge >= 0.3 is 0 Å². The van der Waals surface area contributed by atoms with Crippen molar-refractivity contribution in [3.8, 4) is 5.82 Å². The average Bonchev–Trinajstić information content (AvgIpc) is 2.93. The molecule has 0 aliphatic rings. The number of halogens is 1. The lowest BCUT2D eigenvalue weighted by molar-refractivity contribution is 0.613. The maximum absolute atomic E-state index is 13.5. The Balaban J connectivity index is 1.71. The summed E-state index contributed by atoms with van der Waals surface area (Å²) in [5.74, 6) is 1.49. The molecule has 0 spiro atoms. The largest absolute Gasteiger partial charge is 0.380 e. The normalized spacial score (nSPS) is 10.6. The highest BCUT2D eigenvalue weighted by atomic mass is 19.1. The molecule has 3 rings (SSSR count). The van der Waals surface area contributed by atoms with Crippen molar-refractivity contribution in [1.29, 1.82) is 0 Å². The van der Waals surface area contributed by atoms with Crippen LogP contribution in [0.1, 0.15) is 11.4 Å². The minimum atomic E-state index is -0.205. The number of nitrogens with one attached hydrogen (secondary N) is 1. The highest BCUT2D eigenvalue weighted by molar-refractivity contribution is 5.44. The molecule has 2 aromatic heterocycles. The van der Waals surface area contributed by atoms with Crippen molar-refractivity contribution in [2.24, 2.45) is 0 Å². The Labute approximate surface area is 122 Å². The summed E-state index contributed by atoms with van der Waals surface area (Å²) in [4.78, 5) is 8.55. The molecule has 4 nitrogen and oxygen atoms in total. The van der Waals surface area contributed by atoms with E-state index in [2.05, 4.69) is 15.3 Å². The van der Waals surface area contributed by atoms with E-state index in [1.807, 2.05) is 35.9 Å². The number of hydrogen-bond donors (Lipinski definition) is 1. The summed E-state index contributed by atoms with van der Waals surface area (Å²) in [5.41, 5.74) is 1.48. The molecule has 21 heavy (non-hydrogen) atoms. The number of benzene rings is 1. The van der Waals surface area contributed by atoms with Crippen LogP contribution >= 0.6 is 0 Å². The Hall–Kier alpha value is -2.69. The van der Waals surface area contributed by atoms with Crippen molar-refractivity contribution >= 4 is 5.69 Å². The molecule has 1 N–H and O–H groups in total. The van der Waals surface area contributed by atoms with Crippen LogP contribution in [0.4, 0.5) is 10.1 Å². The molecule has 1 aromatic carbocycles. The van der Waals surface area contributed by atoms with Crippen molar-refractivity contribution in [3.63, 3.8) is 0 Å². The maximum atomic E-state index is 13.5. The molecule has 0 fully saturated rings. The van der Waals surface area contributed by atoms with Gasteiger partial charge in [-0.1, -0.05) is 18.2 Å². The summed E-state index contributed by atoms with van der Waals surface area (Å²) in [6.07, 6.45) is 5.33. The Morgan fingerprint density at radius 2 is 2.00 bits per heavy atom. The summed E-state index contributed by atoms with van der Waals surface area (Å²) in [6, 6.07) is 10.5.